The fraction of sp³-hybridized carbons (Fsp3) is 0.226. The van der Waals surface area contributed by atoms with E-state index >= 15 is 0 Å². The van der Waals surface area contributed by atoms with Crippen molar-refractivity contribution in [1.29, 1.82) is 0 Å². The highest BCUT2D eigenvalue weighted by atomic mass is 32.2. The van der Waals surface area contributed by atoms with Gasteiger partial charge in [0.05, 0.1) is 23.3 Å². The summed E-state index contributed by atoms with van der Waals surface area (Å²) in [4.78, 5) is 26.6. The van der Waals surface area contributed by atoms with Gasteiger partial charge in [-0.3, -0.25) is 14.8 Å². The molecule has 0 saturated heterocycles. The van der Waals surface area contributed by atoms with Crippen molar-refractivity contribution in [3.63, 3.8) is 0 Å². The molecular formula is C31H32N4O8S. The lowest BCUT2D eigenvalue weighted by Crippen LogP contribution is -2.54. The number of hydrogen-bond acceptors (Lipinski definition) is 8. The molecule has 0 aliphatic carbocycles. The van der Waals surface area contributed by atoms with Crippen LogP contribution in [-0.4, -0.2) is 60.8 Å². The number of benzene rings is 3. The molecule has 1 aliphatic rings. The van der Waals surface area contributed by atoms with E-state index in [2.05, 4.69) is 5.32 Å². The second kappa shape index (κ2) is 12.8. The zero-order valence-electron chi connectivity index (χ0n) is 24.3. The highest BCUT2D eigenvalue weighted by molar-refractivity contribution is 7.89. The van der Waals surface area contributed by atoms with Crippen LogP contribution in [0.15, 0.2) is 84.0 Å². The number of aromatic nitrogens is 1. The van der Waals surface area contributed by atoms with Crippen molar-refractivity contribution < 1.29 is 37.4 Å². The Labute approximate surface area is 254 Å². The predicted molar refractivity (Wildman–Crippen MR) is 160 cm³/mol. The van der Waals surface area contributed by atoms with Gasteiger partial charge in [-0.15, -0.1) is 0 Å². The minimum absolute atomic E-state index is 0.0249. The largest absolute Gasteiger partial charge is 0.497 e. The lowest BCUT2D eigenvalue weighted by atomic mass is 10.1. The van der Waals surface area contributed by atoms with E-state index < -0.39 is 34.4 Å². The number of hydroxylamine groups is 1. The molecule has 2 amide bonds. The number of aryl methyl sites for hydroxylation is 2. The summed E-state index contributed by atoms with van der Waals surface area (Å²) in [7, 11) is -2.95. The highest BCUT2D eigenvalue weighted by Gasteiger charge is 2.38. The molecule has 1 aliphatic heterocycles. The summed E-state index contributed by atoms with van der Waals surface area (Å²) in [6.45, 7) is 2.53. The zero-order chi connectivity index (χ0) is 31.4. The molecule has 4 aromatic rings. The van der Waals surface area contributed by atoms with Crippen molar-refractivity contribution in [2.75, 3.05) is 20.4 Å². The van der Waals surface area contributed by atoms with Crippen LogP contribution < -0.4 is 25.0 Å². The second-order valence-corrected chi connectivity index (χ2v) is 12.0. The fourth-order valence-electron chi connectivity index (χ4n) is 5.20. The Bertz CT molecular complexity index is 1770. The number of sulfonamides is 1. The fourth-order valence-corrected chi connectivity index (χ4v) is 7.20. The van der Waals surface area contributed by atoms with Gasteiger partial charge in [0.25, 0.3) is 11.8 Å². The Morgan fingerprint density at radius 2 is 1.68 bits per heavy atom. The van der Waals surface area contributed by atoms with Crippen LogP contribution in [0, 0.1) is 13.8 Å². The number of rotatable bonds is 11. The van der Waals surface area contributed by atoms with E-state index in [-0.39, 0.29) is 18.2 Å². The standard InChI is InChI=1S/C31H32N4O8S/c1-20-14-23(41-3)15-21(2)29(20)44(39,40)35(18-22-10-11-27-28(16-22)43-19-42-27)26(31(37)33-38)17-32-30(36)24-8-4-5-9-25(24)34-12-6-7-13-34/h4-16,26,38H,17-19H2,1-3H3,(H,32,36)(H,33,37)/t26-/m1/s1. The number of nitrogens with zero attached hydrogens (tertiary/aromatic N) is 2. The van der Waals surface area contributed by atoms with Crippen LogP contribution in [0.3, 0.4) is 0 Å². The van der Waals surface area contributed by atoms with Gasteiger partial charge < -0.3 is 24.1 Å². The molecule has 13 heteroatoms. The van der Waals surface area contributed by atoms with Gasteiger partial charge >= 0.3 is 0 Å². The lowest BCUT2D eigenvalue weighted by molar-refractivity contribution is -0.133. The summed E-state index contributed by atoms with van der Waals surface area (Å²) in [5, 5.41) is 12.4. The average molecular weight is 621 g/mol. The number of hydrogen-bond donors (Lipinski definition) is 3. The minimum Gasteiger partial charge on any atom is -0.497 e. The third kappa shape index (κ3) is 6.11. The van der Waals surface area contributed by atoms with E-state index in [1.165, 1.54) is 7.11 Å². The van der Waals surface area contributed by atoms with Crippen molar-refractivity contribution in [2.24, 2.45) is 0 Å². The van der Waals surface area contributed by atoms with Crippen LogP contribution in [0.5, 0.6) is 17.2 Å². The third-order valence-corrected chi connectivity index (χ3v) is 9.42. The Morgan fingerprint density at radius 3 is 2.36 bits per heavy atom. The molecule has 0 bridgehead atoms. The van der Waals surface area contributed by atoms with Crippen molar-refractivity contribution >= 4 is 21.8 Å². The summed E-state index contributed by atoms with van der Waals surface area (Å²) in [6.07, 6.45) is 3.57. The molecule has 12 nitrogen and oxygen atoms in total. The molecule has 0 unspecified atom stereocenters. The van der Waals surface area contributed by atoms with E-state index in [0.717, 1.165) is 4.31 Å². The van der Waals surface area contributed by atoms with Crippen molar-refractivity contribution in [1.82, 2.24) is 19.7 Å². The summed E-state index contributed by atoms with van der Waals surface area (Å²) >= 11 is 0. The topological polar surface area (TPSA) is 148 Å². The summed E-state index contributed by atoms with van der Waals surface area (Å²) in [6, 6.07) is 17.0. The van der Waals surface area contributed by atoms with Gasteiger partial charge in [0.15, 0.2) is 11.5 Å². The minimum atomic E-state index is -4.43. The number of fused-ring (bicyclic) bond motifs is 1. The molecular weight excluding hydrogens is 588 g/mol. The number of methoxy groups -OCH3 is 1. The van der Waals surface area contributed by atoms with E-state index in [0.29, 0.717) is 45.2 Å². The average Bonchev–Trinajstić information content (AvgIpc) is 3.72. The zero-order valence-corrected chi connectivity index (χ0v) is 25.1. The number of para-hydroxylation sites is 1. The molecule has 3 aromatic carbocycles. The molecule has 1 aromatic heterocycles. The molecule has 0 radical (unpaired) electrons. The Hall–Kier alpha value is -4.85. The van der Waals surface area contributed by atoms with E-state index in [1.54, 1.807) is 90.9 Å². The molecule has 1 atom stereocenters. The molecule has 5 rings (SSSR count). The van der Waals surface area contributed by atoms with Gasteiger partial charge in [0, 0.05) is 25.5 Å². The van der Waals surface area contributed by atoms with Crippen LogP contribution in [0.25, 0.3) is 5.69 Å². The van der Waals surface area contributed by atoms with Gasteiger partial charge in [-0.2, -0.15) is 4.31 Å². The lowest BCUT2D eigenvalue weighted by Gasteiger charge is -2.31. The molecule has 0 saturated carbocycles. The smallest absolute Gasteiger partial charge is 0.263 e. The Balaban J connectivity index is 1.54. The van der Waals surface area contributed by atoms with Gasteiger partial charge in [0.2, 0.25) is 16.8 Å². The number of nitrogens with one attached hydrogen (secondary N) is 2. The van der Waals surface area contributed by atoms with Crippen molar-refractivity contribution in [2.45, 2.75) is 31.3 Å². The van der Waals surface area contributed by atoms with Crippen molar-refractivity contribution in [3.8, 4) is 22.9 Å². The first kappa shape index (κ1) is 30.6. The van der Waals surface area contributed by atoms with Crippen LogP contribution in [0.4, 0.5) is 0 Å². The quantitative estimate of drug-likeness (QED) is 0.171. The van der Waals surface area contributed by atoms with E-state index in [9.17, 15) is 23.2 Å². The maximum absolute atomic E-state index is 14.4. The van der Waals surface area contributed by atoms with E-state index in [1.807, 2.05) is 12.1 Å². The molecule has 3 N–H and O–H groups in total. The second-order valence-electron chi connectivity index (χ2n) is 10.1. The normalized spacial score (nSPS) is 13.0. The number of ether oxygens (including phenoxy) is 3. The maximum Gasteiger partial charge on any atom is 0.263 e. The predicted octanol–water partition coefficient (Wildman–Crippen LogP) is 3.33. The van der Waals surface area contributed by atoms with Crippen LogP contribution in [0.1, 0.15) is 27.0 Å². The van der Waals surface area contributed by atoms with Crippen LogP contribution >= 0.6 is 0 Å². The number of carbonyl (C=O) groups is 2. The van der Waals surface area contributed by atoms with Crippen LogP contribution in [-0.2, 0) is 21.4 Å². The summed E-state index contributed by atoms with van der Waals surface area (Å²) in [5.74, 6) is -0.169. The first-order valence-electron chi connectivity index (χ1n) is 13.6. The van der Waals surface area contributed by atoms with Crippen molar-refractivity contribution in [3.05, 3.63) is 101 Å². The highest BCUT2D eigenvalue weighted by Crippen LogP contribution is 2.35. The number of amides is 2. The first-order valence-corrected chi connectivity index (χ1v) is 15.1. The molecule has 230 valence electrons. The Morgan fingerprint density at radius 1 is 1.00 bits per heavy atom. The first-order chi connectivity index (χ1) is 21.1. The molecule has 0 fully saturated rings. The summed E-state index contributed by atoms with van der Waals surface area (Å²) in [5.41, 5.74) is 3.75. The van der Waals surface area contributed by atoms with Gasteiger partial charge in [-0.1, -0.05) is 18.2 Å². The van der Waals surface area contributed by atoms with Gasteiger partial charge in [-0.25, -0.2) is 13.9 Å². The maximum atomic E-state index is 14.4. The monoisotopic (exact) mass is 620 g/mol. The van der Waals surface area contributed by atoms with Gasteiger partial charge in [0.1, 0.15) is 11.8 Å². The molecule has 0 spiro atoms. The number of carbonyl (C=O) groups excluding carboxylic acids is 2. The third-order valence-electron chi connectivity index (χ3n) is 7.26. The summed E-state index contributed by atoms with van der Waals surface area (Å²) < 4.78 is 47.8. The SMILES string of the molecule is COc1cc(C)c(S(=O)(=O)N(Cc2ccc3c(c2)OCO3)[C@H](CNC(=O)c2ccccc2-n2cccc2)C(=O)NO)c(C)c1. The molecule has 2 heterocycles. The van der Waals surface area contributed by atoms with Crippen LogP contribution in [0.2, 0.25) is 0 Å². The van der Waals surface area contributed by atoms with E-state index in [4.69, 9.17) is 14.2 Å². The van der Waals surface area contributed by atoms with Gasteiger partial charge in [-0.05, 0) is 79.1 Å². The Kier molecular flexibility index (Phi) is 8.90. The molecule has 44 heavy (non-hydrogen) atoms.